The van der Waals surface area contributed by atoms with Crippen molar-refractivity contribution in [3.63, 3.8) is 0 Å². The van der Waals surface area contributed by atoms with E-state index in [4.69, 9.17) is 19.3 Å². The van der Waals surface area contributed by atoms with Crippen LogP contribution in [0.4, 0.5) is 0 Å². The largest absolute Gasteiger partial charge is 1.00 e. The van der Waals surface area contributed by atoms with Gasteiger partial charge in [0.2, 0.25) is 0 Å². The predicted octanol–water partition coefficient (Wildman–Crippen LogP) is -1.54. The first-order chi connectivity index (χ1) is 17.4. The summed E-state index contributed by atoms with van der Waals surface area (Å²) in [5, 5.41) is 26.6. The topological polar surface area (TPSA) is 119 Å². The molecule has 7 rings (SSSR count). The molecular formula is C28H46BBrN2NaO7. The van der Waals surface area contributed by atoms with Gasteiger partial charge in [-0.05, 0) is 39.4 Å². The SMILES string of the molecule is Br.C.CCO.CN1C2CC(O)CC1[C@@H]1O[C@H]21.CN1C2CC(OC(=O)[C@H](CO)c3ccccc3)CC1[C@@H]1O[C@H]21.[B].[H-].[Na+]. The Bertz CT molecular complexity index is 895. The van der Waals surface area contributed by atoms with Gasteiger partial charge in [0.1, 0.15) is 36.4 Å². The van der Waals surface area contributed by atoms with Crippen LogP contribution in [0.2, 0.25) is 0 Å². The Morgan fingerprint density at radius 3 is 1.75 bits per heavy atom. The fourth-order valence-corrected chi connectivity index (χ4v) is 6.76. The number of epoxide rings is 2. The van der Waals surface area contributed by atoms with Crippen molar-refractivity contribution >= 4 is 31.4 Å². The van der Waals surface area contributed by atoms with Gasteiger partial charge in [-0.3, -0.25) is 14.6 Å². The van der Waals surface area contributed by atoms with Gasteiger partial charge in [0.05, 0.1) is 12.7 Å². The van der Waals surface area contributed by atoms with Crippen LogP contribution in [0.5, 0.6) is 0 Å². The summed E-state index contributed by atoms with van der Waals surface area (Å²) < 4.78 is 16.9. The molecule has 6 unspecified atom stereocenters. The zero-order valence-electron chi connectivity index (χ0n) is 24.3. The molecule has 9 nitrogen and oxygen atoms in total. The van der Waals surface area contributed by atoms with Crippen molar-refractivity contribution in [1.82, 2.24) is 9.80 Å². The molecule has 0 spiro atoms. The molecule has 0 aliphatic carbocycles. The first kappa shape index (κ1) is 38.0. The van der Waals surface area contributed by atoms with Crippen LogP contribution in [-0.4, -0.2) is 128 Å². The number of aliphatic hydroxyl groups excluding tert-OH is 3. The number of esters is 1. The van der Waals surface area contributed by atoms with Gasteiger partial charge in [0, 0.05) is 52.0 Å². The second-order valence-electron chi connectivity index (χ2n) is 10.8. The maximum Gasteiger partial charge on any atom is 1.00 e. The third-order valence-electron chi connectivity index (χ3n) is 8.72. The van der Waals surface area contributed by atoms with Crippen molar-refractivity contribution < 1.29 is 65.3 Å². The van der Waals surface area contributed by atoms with Crippen LogP contribution in [0.25, 0.3) is 0 Å². The summed E-state index contributed by atoms with van der Waals surface area (Å²) in [6.07, 6.45) is 4.93. The average Bonchev–Trinajstić information content (AvgIpc) is 3.75. The van der Waals surface area contributed by atoms with Crippen LogP contribution < -0.4 is 29.6 Å². The minimum atomic E-state index is -0.593. The van der Waals surface area contributed by atoms with E-state index in [1.807, 2.05) is 30.3 Å². The third kappa shape index (κ3) is 7.72. The number of benzene rings is 1. The molecule has 0 amide bonds. The molecule has 12 heteroatoms. The number of aliphatic hydroxyl groups is 3. The number of rotatable bonds is 4. The molecule has 1 aromatic rings. The second kappa shape index (κ2) is 16.1. The van der Waals surface area contributed by atoms with Gasteiger partial charge < -0.3 is 31.0 Å². The van der Waals surface area contributed by atoms with Gasteiger partial charge in [0.15, 0.2) is 0 Å². The van der Waals surface area contributed by atoms with Gasteiger partial charge in [-0.1, -0.05) is 37.8 Å². The fourth-order valence-electron chi connectivity index (χ4n) is 6.76. The minimum Gasteiger partial charge on any atom is -1.00 e. The Morgan fingerprint density at radius 1 is 0.950 bits per heavy atom. The number of carbonyl (C=O) groups is 1. The van der Waals surface area contributed by atoms with Gasteiger partial charge in [0.25, 0.3) is 0 Å². The van der Waals surface area contributed by atoms with Crippen molar-refractivity contribution in [2.24, 2.45) is 0 Å². The number of carbonyl (C=O) groups excluding carboxylic acids is 1. The molecular weight excluding hydrogens is 590 g/mol. The van der Waals surface area contributed by atoms with Crippen LogP contribution in [0.1, 0.15) is 52.9 Å². The summed E-state index contributed by atoms with van der Waals surface area (Å²) in [6, 6.07) is 11.1. The summed E-state index contributed by atoms with van der Waals surface area (Å²) in [6.45, 7) is 1.71. The molecule has 6 aliphatic rings. The van der Waals surface area contributed by atoms with Crippen LogP contribution in [0.3, 0.4) is 0 Å². The standard InChI is InChI=1S/C17H21NO4.C8H13NO2.C2H6O.CH4.B.BrH.Na.H/c1-18-13-7-11(8-14(18)16-15(13)22-16)21-17(20)12(9-19)10-5-3-2-4-6-10;1-9-5-2-4(10)3-6(9)8-7(5)11-8;1-2-3;;;;;/h2-6,11-16,19H,7-9H2,1H3;4-8,10H,2-3H2,1H3;3H,2H2,1H3;1H4;;1H;;/q;;;;;;+1;-1/t11?,12-,13?,14?,15-,16+;4?,5?,6?,7-,8+;;;;;;/m1......./s1. The molecule has 4 bridgehead atoms. The number of hydrogen-bond acceptors (Lipinski definition) is 9. The Labute approximate surface area is 275 Å². The van der Waals surface area contributed by atoms with Gasteiger partial charge >= 0.3 is 35.5 Å². The summed E-state index contributed by atoms with van der Waals surface area (Å²) in [5.74, 6) is -0.915. The Morgan fingerprint density at radius 2 is 1.35 bits per heavy atom. The molecule has 6 saturated heterocycles. The monoisotopic (exact) mass is 635 g/mol. The maximum absolute atomic E-state index is 12.4. The van der Waals surface area contributed by atoms with Crippen LogP contribution in [0, 0.1) is 0 Å². The summed E-state index contributed by atoms with van der Waals surface area (Å²) >= 11 is 0. The number of nitrogens with zero attached hydrogens (tertiary/aromatic N) is 2. The first-order valence-corrected chi connectivity index (χ1v) is 13.3. The predicted molar refractivity (Wildman–Crippen MR) is 155 cm³/mol. The number of morpholine rings is 2. The van der Waals surface area contributed by atoms with E-state index in [0.717, 1.165) is 31.2 Å². The van der Waals surface area contributed by atoms with Crippen molar-refractivity contribution in [2.75, 3.05) is 27.3 Å². The fraction of sp³-hybridized carbons (Fsp3) is 0.750. The molecule has 11 atom stereocenters. The normalized spacial score (nSPS) is 37.9. The molecule has 0 saturated carbocycles. The van der Waals surface area contributed by atoms with E-state index in [9.17, 15) is 15.0 Å². The number of halogens is 1. The number of likely N-dealkylation sites (N-methyl/N-ethyl adjacent to an activating group) is 2. The van der Waals surface area contributed by atoms with Gasteiger partial charge in [-0.2, -0.15) is 0 Å². The Balaban J connectivity index is 0.000000721. The average molecular weight is 636 g/mol. The molecule has 40 heavy (non-hydrogen) atoms. The van der Waals surface area contributed by atoms with E-state index in [0.29, 0.717) is 48.6 Å². The van der Waals surface area contributed by atoms with Crippen molar-refractivity contribution in [3.05, 3.63) is 35.9 Å². The quantitative estimate of drug-likeness (QED) is 0.206. The molecule has 6 heterocycles. The third-order valence-corrected chi connectivity index (χ3v) is 8.72. The smallest absolute Gasteiger partial charge is 1.00 e. The molecule has 6 aliphatic heterocycles. The first-order valence-electron chi connectivity index (χ1n) is 13.3. The van der Waals surface area contributed by atoms with E-state index in [-0.39, 0.29) is 95.2 Å². The molecule has 6 fully saturated rings. The van der Waals surface area contributed by atoms with E-state index in [1.165, 1.54) is 0 Å². The zero-order chi connectivity index (χ0) is 25.6. The van der Waals surface area contributed by atoms with Crippen LogP contribution >= 0.6 is 17.0 Å². The van der Waals surface area contributed by atoms with Crippen molar-refractivity contribution in [3.8, 4) is 0 Å². The van der Waals surface area contributed by atoms with Crippen molar-refractivity contribution in [2.45, 2.75) is 107 Å². The van der Waals surface area contributed by atoms with E-state index >= 15 is 0 Å². The number of hydrogen-bond donors (Lipinski definition) is 3. The number of fused-ring (bicyclic) bond motifs is 10. The molecule has 0 aromatic heterocycles. The Kier molecular flexibility index (Phi) is 15.3. The maximum atomic E-state index is 12.4. The van der Waals surface area contributed by atoms with Gasteiger partial charge in [-0.25, -0.2) is 0 Å². The zero-order valence-corrected chi connectivity index (χ0v) is 27.0. The van der Waals surface area contributed by atoms with Crippen molar-refractivity contribution in [1.29, 1.82) is 0 Å². The Hall–Kier alpha value is -0.0451. The van der Waals surface area contributed by atoms with Crippen LogP contribution in [0.15, 0.2) is 30.3 Å². The summed E-state index contributed by atoms with van der Waals surface area (Å²) in [5.41, 5.74) is 0.803. The molecule has 3 N–H and O–H groups in total. The molecule has 1 aromatic carbocycles. The van der Waals surface area contributed by atoms with Crippen LogP contribution in [-0.2, 0) is 19.0 Å². The molecule has 3 radical (unpaired) electrons. The molecule has 221 valence electrons. The number of piperidine rings is 2. The van der Waals surface area contributed by atoms with Gasteiger partial charge in [-0.15, -0.1) is 17.0 Å². The van der Waals surface area contributed by atoms with E-state index in [2.05, 4.69) is 23.9 Å². The van der Waals surface area contributed by atoms with E-state index in [1.54, 1.807) is 6.92 Å². The number of ether oxygens (including phenoxy) is 3. The summed E-state index contributed by atoms with van der Waals surface area (Å²) in [7, 11) is 4.28. The summed E-state index contributed by atoms with van der Waals surface area (Å²) in [4.78, 5) is 17.2. The minimum absolute atomic E-state index is 0. The van der Waals surface area contributed by atoms with E-state index < -0.39 is 5.92 Å². The second-order valence-corrected chi connectivity index (χ2v) is 10.8.